The Morgan fingerprint density at radius 1 is 1.26 bits per heavy atom. The average Bonchev–Trinajstić information content (AvgIpc) is 3.29. The minimum absolute atomic E-state index is 0.0775. The van der Waals surface area contributed by atoms with Gasteiger partial charge in [-0.2, -0.15) is 0 Å². The van der Waals surface area contributed by atoms with Crippen LogP contribution in [0, 0.1) is 17.3 Å². The van der Waals surface area contributed by atoms with Crippen molar-refractivity contribution < 1.29 is 29.0 Å². The number of aliphatic hydroxyl groups is 1. The number of carbonyl (C=O) groups excluding carboxylic acids is 3. The molecule has 1 saturated heterocycles. The van der Waals surface area contributed by atoms with Gasteiger partial charge in [-0.25, -0.2) is 4.79 Å². The van der Waals surface area contributed by atoms with Gasteiger partial charge in [-0.1, -0.05) is 18.6 Å². The van der Waals surface area contributed by atoms with E-state index in [1.807, 2.05) is 0 Å². The van der Waals surface area contributed by atoms with Crippen LogP contribution in [0.5, 0.6) is 0 Å². The summed E-state index contributed by atoms with van der Waals surface area (Å²) >= 11 is 0. The van der Waals surface area contributed by atoms with E-state index in [9.17, 15) is 19.5 Å². The zero-order chi connectivity index (χ0) is 23.4. The second kappa shape index (κ2) is 10.0. The molecule has 0 bridgehead atoms. The quantitative estimate of drug-likeness (QED) is 0.255. The number of hydrogen-bond acceptors (Lipinski definition) is 6. The van der Waals surface area contributed by atoms with Gasteiger partial charge in [-0.05, 0) is 71.3 Å². The Balaban J connectivity index is 2.35. The van der Waals surface area contributed by atoms with Crippen LogP contribution < -0.4 is 0 Å². The van der Waals surface area contributed by atoms with E-state index in [1.165, 1.54) is 19.3 Å². The van der Waals surface area contributed by atoms with Crippen LogP contribution in [0.25, 0.3) is 0 Å². The molecule has 1 aliphatic heterocycles. The third-order valence-corrected chi connectivity index (χ3v) is 6.40. The highest BCUT2D eigenvalue weighted by atomic mass is 16.6. The van der Waals surface area contributed by atoms with E-state index in [2.05, 4.69) is 20.8 Å². The largest absolute Gasteiger partial charge is 0.432 e. The zero-order valence-electron chi connectivity index (χ0n) is 19.6. The SMILES string of the molecule is CC(=O)C[C@@H]1C(=O)C(CO)=CC[C@](C)(CC[C@H]2OC2(C)C)[C@H]1/C=C/OC(=O)C=C(C)C. The fraction of sp³-hybridized carbons (Fsp3) is 0.640. The molecule has 172 valence electrons. The number of hydrogen-bond donors (Lipinski definition) is 1. The Morgan fingerprint density at radius 2 is 1.90 bits per heavy atom. The molecule has 1 aliphatic carbocycles. The zero-order valence-corrected chi connectivity index (χ0v) is 19.6. The van der Waals surface area contributed by atoms with Gasteiger partial charge in [-0.3, -0.25) is 4.79 Å². The third kappa shape index (κ3) is 6.71. The van der Waals surface area contributed by atoms with Crippen molar-refractivity contribution in [1.29, 1.82) is 0 Å². The van der Waals surface area contributed by atoms with Gasteiger partial charge in [0.15, 0.2) is 5.78 Å². The first-order valence-electron chi connectivity index (χ1n) is 10.9. The molecule has 1 N–H and O–H groups in total. The Morgan fingerprint density at radius 3 is 2.42 bits per heavy atom. The summed E-state index contributed by atoms with van der Waals surface area (Å²) < 4.78 is 11.0. The van der Waals surface area contributed by atoms with Crippen LogP contribution >= 0.6 is 0 Å². The van der Waals surface area contributed by atoms with Gasteiger partial charge in [0.1, 0.15) is 5.78 Å². The lowest BCUT2D eigenvalue weighted by atomic mass is 9.65. The normalized spacial score (nSPS) is 29.8. The molecule has 6 nitrogen and oxygen atoms in total. The van der Waals surface area contributed by atoms with Crippen LogP contribution in [0.3, 0.4) is 0 Å². The smallest absolute Gasteiger partial charge is 0.335 e. The molecule has 0 radical (unpaired) electrons. The van der Waals surface area contributed by atoms with Gasteiger partial charge in [0.2, 0.25) is 0 Å². The van der Waals surface area contributed by atoms with E-state index in [4.69, 9.17) is 9.47 Å². The van der Waals surface area contributed by atoms with E-state index in [0.29, 0.717) is 12.0 Å². The molecule has 31 heavy (non-hydrogen) atoms. The van der Waals surface area contributed by atoms with Crippen LogP contribution in [0.15, 0.2) is 35.6 Å². The molecule has 0 aromatic rings. The number of esters is 1. The molecule has 0 aromatic heterocycles. The minimum atomic E-state index is -0.616. The fourth-order valence-electron chi connectivity index (χ4n) is 4.45. The lowest BCUT2D eigenvalue weighted by Crippen LogP contribution is -2.36. The third-order valence-electron chi connectivity index (χ3n) is 6.40. The maximum absolute atomic E-state index is 13.1. The molecule has 0 saturated carbocycles. The van der Waals surface area contributed by atoms with Crippen molar-refractivity contribution in [2.24, 2.45) is 17.3 Å². The van der Waals surface area contributed by atoms with E-state index in [0.717, 1.165) is 18.4 Å². The number of carbonyl (C=O) groups is 3. The molecular weight excluding hydrogens is 396 g/mol. The highest BCUT2D eigenvalue weighted by molar-refractivity contribution is 6.00. The number of rotatable bonds is 9. The van der Waals surface area contributed by atoms with Crippen molar-refractivity contribution in [3.8, 4) is 0 Å². The second-order valence-electron chi connectivity index (χ2n) is 9.88. The number of epoxide rings is 1. The van der Waals surface area contributed by atoms with Crippen LogP contribution in [-0.2, 0) is 23.9 Å². The summed E-state index contributed by atoms with van der Waals surface area (Å²) in [6.07, 6.45) is 8.70. The van der Waals surface area contributed by atoms with Gasteiger partial charge < -0.3 is 19.4 Å². The summed E-state index contributed by atoms with van der Waals surface area (Å²) in [5.41, 5.74) is 0.672. The van der Waals surface area contributed by atoms with Crippen molar-refractivity contribution in [2.75, 3.05) is 6.61 Å². The van der Waals surface area contributed by atoms with Crippen molar-refractivity contribution >= 4 is 17.5 Å². The van der Waals surface area contributed by atoms with Crippen LogP contribution in [-0.4, -0.2) is 41.0 Å². The Hall–Kier alpha value is -2.05. The highest BCUT2D eigenvalue weighted by Gasteiger charge is 2.50. The lowest BCUT2D eigenvalue weighted by Gasteiger charge is -2.38. The van der Waals surface area contributed by atoms with E-state index in [-0.39, 0.29) is 47.6 Å². The fourth-order valence-corrected chi connectivity index (χ4v) is 4.45. The van der Waals surface area contributed by atoms with Gasteiger partial charge in [0, 0.05) is 24.0 Å². The second-order valence-corrected chi connectivity index (χ2v) is 9.88. The number of ketones is 2. The first-order chi connectivity index (χ1) is 14.4. The predicted octanol–water partition coefficient (Wildman–Crippen LogP) is 4.08. The van der Waals surface area contributed by atoms with Gasteiger partial charge in [0.25, 0.3) is 0 Å². The topological polar surface area (TPSA) is 93.2 Å². The first kappa shape index (κ1) is 25.2. The molecule has 0 aromatic carbocycles. The molecule has 2 aliphatic rings. The monoisotopic (exact) mass is 432 g/mol. The highest BCUT2D eigenvalue weighted by Crippen LogP contribution is 2.49. The van der Waals surface area contributed by atoms with Crippen LogP contribution in [0.4, 0.5) is 0 Å². The molecule has 0 amide bonds. The Labute approximate surface area is 185 Å². The molecule has 1 heterocycles. The van der Waals surface area contributed by atoms with Crippen molar-refractivity contribution in [1.82, 2.24) is 0 Å². The standard InChI is InChI=1S/C25H36O6/c1-16(2)13-22(28)30-12-9-20-19(14-17(3)27)23(29)18(15-26)7-10-25(20,6)11-8-21-24(4,5)31-21/h7,9,12-13,19-21,26H,8,10-11,14-15H2,1-6H3/b12-9+/t19-,20-,21+,25+/m0/s1. The molecule has 4 atom stereocenters. The predicted molar refractivity (Wildman–Crippen MR) is 118 cm³/mol. The van der Waals surface area contributed by atoms with Crippen molar-refractivity contribution in [2.45, 2.75) is 78.9 Å². The molecule has 6 heteroatoms. The van der Waals surface area contributed by atoms with Gasteiger partial charge in [0.05, 0.1) is 24.6 Å². The summed E-state index contributed by atoms with van der Waals surface area (Å²) in [6.45, 7) is 10.9. The number of allylic oxidation sites excluding steroid dienone is 3. The summed E-state index contributed by atoms with van der Waals surface area (Å²) in [4.78, 5) is 37.1. The number of ether oxygens (including phenoxy) is 2. The van der Waals surface area contributed by atoms with E-state index >= 15 is 0 Å². The molecule has 1 fully saturated rings. The van der Waals surface area contributed by atoms with Gasteiger partial charge in [-0.15, -0.1) is 0 Å². The molecule has 0 spiro atoms. The molecular formula is C25H36O6. The first-order valence-corrected chi connectivity index (χ1v) is 10.9. The Kier molecular flexibility index (Phi) is 8.17. The minimum Gasteiger partial charge on any atom is -0.432 e. The summed E-state index contributed by atoms with van der Waals surface area (Å²) in [7, 11) is 0. The van der Waals surface area contributed by atoms with Crippen LogP contribution in [0.1, 0.15) is 67.2 Å². The number of aliphatic hydroxyl groups excluding tert-OH is 1. The van der Waals surface area contributed by atoms with Crippen molar-refractivity contribution in [3.05, 3.63) is 35.6 Å². The van der Waals surface area contributed by atoms with Crippen molar-refractivity contribution in [3.63, 3.8) is 0 Å². The summed E-state index contributed by atoms with van der Waals surface area (Å²) in [5.74, 6) is -1.73. The maximum Gasteiger partial charge on any atom is 0.335 e. The number of Topliss-reactive ketones (excluding diaryl/α,β-unsaturated/α-hetero) is 2. The van der Waals surface area contributed by atoms with Crippen LogP contribution in [0.2, 0.25) is 0 Å². The van der Waals surface area contributed by atoms with E-state index < -0.39 is 11.9 Å². The average molecular weight is 433 g/mol. The molecule has 0 unspecified atom stereocenters. The van der Waals surface area contributed by atoms with Gasteiger partial charge >= 0.3 is 5.97 Å². The summed E-state index contributed by atoms with van der Waals surface area (Å²) in [6, 6.07) is 0. The summed E-state index contributed by atoms with van der Waals surface area (Å²) in [5, 5.41) is 9.74. The van der Waals surface area contributed by atoms with E-state index in [1.54, 1.807) is 26.0 Å². The Bertz CT molecular complexity index is 799. The molecule has 2 rings (SSSR count). The maximum atomic E-state index is 13.1. The lowest BCUT2D eigenvalue weighted by molar-refractivity contribution is -0.132.